The zero-order valence-corrected chi connectivity index (χ0v) is 9.73. The largest absolute Gasteiger partial charge is 0.316 e. The van der Waals surface area contributed by atoms with Crippen LogP contribution in [0.15, 0.2) is 0 Å². The van der Waals surface area contributed by atoms with Crippen LogP contribution in [0.25, 0.3) is 0 Å². The van der Waals surface area contributed by atoms with Crippen LogP contribution in [0.1, 0.15) is 26.2 Å². The van der Waals surface area contributed by atoms with Crippen LogP contribution in [0.3, 0.4) is 0 Å². The van der Waals surface area contributed by atoms with Gasteiger partial charge in [-0.2, -0.15) is 0 Å². The molecule has 3 nitrogen and oxygen atoms in total. The summed E-state index contributed by atoms with van der Waals surface area (Å²) in [5, 5.41) is 3.25. The van der Waals surface area contributed by atoms with E-state index >= 15 is 0 Å². The van der Waals surface area contributed by atoms with Gasteiger partial charge < -0.3 is 5.32 Å². The Morgan fingerprint density at radius 2 is 2.14 bits per heavy atom. The summed E-state index contributed by atoms with van der Waals surface area (Å²) < 4.78 is 23.4. The zero-order valence-electron chi connectivity index (χ0n) is 8.91. The van der Waals surface area contributed by atoms with Crippen molar-refractivity contribution in [1.82, 2.24) is 5.32 Å². The fraction of sp³-hybridized carbons (Fsp3) is 1.00. The molecule has 0 aromatic heterocycles. The first kappa shape index (κ1) is 10.4. The van der Waals surface area contributed by atoms with Gasteiger partial charge in [-0.25, -0.2) is 8.42 Å². The second-order valence-electron chi connectivity index (χ2n) is 4.98. The van der Waals surface area contributed by atoms with Gasteiger partial charge in [0.1, 0.15) is 0 Å². The molecule has 1 saturated carbocycles. The van der Waals surface area contributed by atoms with Crippen LogP contribution < -0.4 is 5.32 Å². The van der Waals surface area contributed by atoms with Crippen molar-refractivity contribution < 1.29 is 8.42 Å². The molecule has 0 radical (unpaired) electrons. The zero-order chi connectivity index (χ0) is 10.4. The van der Waals surface area contributed by atoms with Crippen molar-refractivity contribution in [1.29, 1.82) is 0 Å². The Balaban J connectivity index is 2.34. The maximum absolute atomic E-state index is 11.7. The van der Waals surface area contributed by atoms with Crippen molar-refractivity contribution in [2.45, 2.75) is 31.4 Å². The van der Waals surface area contributed by atoms with E-state index in [1.54, 1.807) is 0 Å². The van der Waals surface area contributed by atoms with Gasteiger partial charge in [0.05, 0.1) is 5.25 Å². The van der Waals surface area contributed by atoms with E-state index in [1.165, 1.54) is 6.26 Å². The van der Waals surface area contributed by atoms with E-state index < -0.39 is 9.84 Å². The molecule has 0 bridgehead atoms. The van der Waals surface area contributed by atoms with Crippen LogP contribution in [-0.4, -0.2) is 33.0 Å². The molecule has 2 aliphatic rings. The molecular formula is C10H19NO2S. The smallest absolute Gasteiger partial charge is 0.150 e. The Morgan fingerprint density at radius 3 is 2.64 bits per heavy atom. The third-order valence-corrected chi connectivity index (χ3v) is 5.89. The van der Waals surface area contributed by atoms with E-state index in [-0.39, 0.29) is 10.7 Å². The molecule has 1 aliphatic heterocycles. The Bertz CT molecular complexity index is 321. The van der Waals surface area contributed by atoms with E-state index in [1.807, 2.05) is 0 Å². The normalized spacial score (nSPS) is 43.6. The highest BCUT2D eigenvalue weighted by Gasteiger charge is 2.53. The summed E-state index contributed by atoms with van der Waals surface area (Å²) in [5.41, 5.74) is 0.0492. The minimum Gasteiger partial charge on any atom is -0.316 e. The molecule has 3 unspecified atom stereocenters. The summed E-state index contributed by atoms with van der Waals surface area (Å²) >= 11 is 0. The quantitative estimate of drug-likeness (QED) is 0.707. The summed E-state index contributed by atoms with van der Waals surface area (Å²) in [6.07, 6.45) is 4.42. The van der Waals surface area contributed by atoms with Gasteiger partial charge in [-0.3, -0.25) is 0 Å². The molecule has 2 rings (SSSR count). The topological polar surface area (TPSA) is 46.2 Å². The van der Waals surface area contributed by atoms with Crippen LogP contribution in [0.5, 0.6) is 0 Å². The van der Waals surface area contributed by atoms with Crippen molar-refractivity contribution >= 4 is 9.84 Å². The van der Waals surface area contributed by atoms with Crippen molar-refractivity contribution in [2.24, 2.45) is 11.3 Å². The first-order valence-corrected chi connectivity index (χ1v) is 7.32. The first-order chi connectivity index (χ1) is 6.47. The van der Waals surface area contributed by atoms with Crippen molar-refractivity contribution in [3.63, 3.8) is 0 Å². The number of nitrogens with one attached hydrogen (secondary N) is 1. The van der Waals surface area contributed by atoms with Crippen molar-refractivity contribution in [3.8, 4) is 0 Å². The number of hydrogen-bond donors (Lipinski definition) is 1. The molecule has 1 aliphatic carbocycles. The molecule has 0 amide bonds. The van der Waals surface area contributed by atoms with Crippen LogP contribution >= 0.6 is 0 Å². The lowest BCUT2D eigenvalue weighted by molar-refractivity contribution is 0.253. The summed E-state index contributed by atoms with van der Waals surface area (Å²) in [7, 11) is -2.87. The van der Waals surface area contributed by atoms with Gasteiger partial charge >= 0.3 is 0 Å². The van der Waals surface area contributed by atoms with Crippen LogP contribution in [-0.2, 0) is 9.84 Å². The molecule has 2 fully saturated rings. The Morgan fingerprint density at radius 1 is 1.43 bits per heavy atom. The second kappa shape index (κ2) is 3.20. The van der Waals surface area contributed by atoms with Gasteiger partial charge in [0.15, 0.2) is 9.84 Å². The average Bonchev–Trinajstić information content (AvgIpc) is 2.61. The Kier molecular flexibility index (Phi) is 2.39. The molecule has 1 saturated heterocycles. The maximum atomic E-state index is 11.7. The van der Waals surface area contributed by atoms with Gasteiger partial charge in [-0.05, 0) is 25.3 Å². The highest BCUT2D eigenvalue weighted by molar-refractivity contribution is 7.91. The molecule has 82 valence electrons. The van der Waals surface area contributed by atoms with Crippen molar-refractivity contribution in [2.75, 3.05) is 19.3 Å². The van der Waals surface area contributed by atoms with Gasteiger partial charge in [-0.15, -0.1) is 0 Å². The Labute approximate surface area is 86.2 Å². The molecule has 1 heterocycles. The van der Waals surface area contributed by atoms with Crippen LogP contribution in [0.2, 0.25) is 0 Å². The molecule has 1 N–H and O–H groups in total. The fourth-order valence-electron chi connectivity index (χ4n) is 3.37. The Hall–Kier alpha value is -0.0900. The molecule has 14 heavy (non-hydrogen) atoms. The number of hydrogen-bond acceptors (Lipinski definition) is 3. The van der Waals surface area contributed by atoms with E-state index in [0.717, 1.165) is 32.4 Å². The van der Waals surface area contributed by atoms with E-state index in [0.29, 0.717) is 5.92 Å². The molecular weight excluding hydrogens is 198 g/mol. The van der Waals surface area contributed by atoms with E-state index in [4.69, 9.17) is 0 Å². The fourth-order valence-corrected chi connectivity index (χ4v) is 5.25. The third-order valence-electron chi connectivity index (χ3n) is 4.15. The molecule has 4 heteroatoms. The summed E-state index contributed by atoms with van der Waals surface area (Å²) in [6.45, 7) is 4.06. The maximum Gasteiger partial charge on any atom is 0.150 e. The lowest BCUT2D eigenvalue weighted by Gasteiger charge is -2.33. The minimum absolute atomic E-state index is 0.0492. The highest BCUT2D eigenvalue weighted by Crippen LogP contribution is 2.49. The van der Waals surface area contributed by atoms with Gasteiger partial charge in [-0.1, -0.05) is 13.3 Å². The summed E-state index contributed by atoms with van der Waals surface area (Å²) in [6, 6.07) is 0. The highest BCUT2D eigenvalue weighted by atomic mass is 32.2. The van der Waals surface area contributed by atoms with E-state index in [9.17, 15) is 8.42 Å². The number of sulfone groups is 1. The van der Waals surface area contributed by atoms with E-state index in [2.05, 4.69) is 12.2 Å². The molecule has 1 spiro atoms. The molecule has 3 atom stereocenters. The number of rotatable bonds is 1. The second-order valence-corrected chi connectivity index (χ2v) is 7.20. The average molecular weight is 217 g/mol. The molecule has 0 aromatic rings. The minimum atomic E-state index is -2.87. The van der Waals surface area contributed by atoms with Gasteiger partial charge in [0.25, 0.3) is 0 Å². The lowest BCUT2D eigenvalue weighted by Crippen LogP contribution is -2.41. The standard InChI is InChI=1S/C10H19NO2S/c1-8-6-11-7-10(8)5-3-4-9(10)14(2,12)13/h8-9,11H,3-7H2,1-2H3. The van der Waals surface area contributed by atoms with Crippen molar-refractivity contribution in [3.05, 3.63) is 0 Å². The lowest BCUT2D eigenvalue weighted by atomic mass is 9.77. The molecule has 0 aromatic carbocycles. The summed E-state index contributed by atoms with van der Waals surface area (Å²) in [4.78, 5) is 0. The predicted octanol–water partition coefficient (Wildman–Crippen LogP) is 0.809. The summed E-state index contributed by atoms with van der Waals surface area (Å²) in [5.74, 6) is 0.504. The van der Waals surface area contributed by atoms with Gasteiger partial charge in [0.2, 0.25) is 0 Å². The monoisotopic (exact) mass is 217 g/mol. The van der Waals surface area contributed by atoms with Crippen LogP contribution in [0.4, 0.5) is 0 Å². The van der Waals surface area contributed by atoms with Gasteiger partial charge in [0, 0.05) is 18.2 Å². The first-order valence-electron chi connectivity index (χ1n) is 5.36. The third kappa shape index (κ3) is 1.39. The predicted molar refractivity (Wildman–Crippen MR) is 56.9 cm³/mol. The van der Waals surface area contributed by atoms with Crippen LogP contribution in [0, 0.1) is 11.3 Å². The SMILES string of the molecule is CC1CNCC12CCCC2S(C)(=O)=O.